The molecule has 1 aliphatic carbocycles. The van der Waals surface area contributed by atoms with Crippen molar-refractivity contribution in [3.05, 3.63) is 35.9 Å². The highest BCUT2D eigenvalue weighted by molar-refractivity contribution is 7.86. The van der Waals surface area contributed by atoms with Crippen molar-refractivity contribution >= 4 is 20.2 Å². The largest absolute Gasteiger partial charge is 0.371 e. The van der Waals surface area contributed by atoms with Gasteiger partial charge in [0.2, 0.25) is 0 Å². The summed E-state index contributed by atoms with van der Waals surface area (Å²) in [5, 5.41) is 0. The minimum absolute atomic E-state index is 0.278. The molecule has 0 N–H and O–H groups in total. The summed E-state index contributed by atoms with van der Waals surface area (Å²) in [6, 6.07) is 9.41. The molecule has 2 rings (SSSR count). The van der Waals surface area contributed by atoms with Gasteiger partial charge in [-0.2, -0.15) is 16.8 Å². The summed E-state index contributed by atoms with van der Waals surface area (Å²) in [5.41, 5.74) is 0.932. The maximum atomic E-state index is 11.5. The predicted octanol–water partition coefficient (Wildman–Crippen LogP) is 1.45. The standard InChI is InChI=1S/C15H22O7S2/c1-23(16,17)21-14-10-6-9-13(15(14)22-24(2,18)19)20-11-12-7-4-3-5-8-12/h3-5,7-8,13-15H,6,9-11H2,1-2H3. The van der Waals surface area contributed by atoms with E-state index in [-0.39, 0.29) is 6.61 Å². The minimum Gasteiger partial charge on any atom is -0.371 e. The quantitative estimate of drug-likeness (QED) is 0.663. The van der Waals surface area contributed by atoms with Crippen LogP contribution in [0.2, 0.25) is 0 Å². The Kier molecular flexibility index (Phi) is 6.38. The predicted molar refractivity (Wildman–Crippen MR) is 88.3 cm³/mol. The normalized spacial score (nSPS) is 25.5. The average Bonchev–Trinajstić information content (AvgIpc) is 2.46. The number of ether oxygens (including phenoxy) is 1. The van der Waals surface area contributed by atoms with E-state index in [0.717, 1.165) is 18.1 Å². The van der Waals surface area contributed by atoms with Crippen LogP contribution in [0.25, 0.3) is 0 Å². The topological polar surface area (TPSA) is 96.0 Å². The van der Waals surface area contributed by atoms with E-state index in [4.69, 9.17) is 13.1 Å². The van der Waals surface area contributed by atoms with E-state index in [1.54, 1.807) is 0 Å². The van der Waals surface area contributed by atoms with Gasteiger partial charge in [-0.3, -0.25) is 8.37 Å². The molecule has 0 aliphatic heterocycles. The molecule has 0 saturated heterocycles. The molecule has 1 aliphatic rings. The lowest BCUT2D eigenvalue weighted by Gasteiger charge is -2.35. The summed E-state index contributed by atoms with van der Waals surface area (Å²) in [5.74, 6) is 0. The Labute approximate surface area is 143 Å². The molecule has 0 bridgehead atoms. The minimum atomic E-state index is -3.78. The first-order valence-corrected chi connectivity index (χ1v) is 11.2. The fourth-order valence-corrected chi connectivity index (χ4v) is 4.00. The van der Waals surface area contributed by atoms with E-state index >= 15 is 0 Å². The van der Waals surface area contributed by atoms with E-state index in [1.165, 1.54) is 0 Å². The van der Waals surface area contributed by atoms with Crippen LogP contribution in [0.1, 0.15) is 24.8 Å². The number of rotatable bonds is 7. The summed E-state index contributed by atoms with van der Waals surface area (Å²) < 4.78 is 61.9. The first-order valence-electron chi connectivity index (χ1n) is 7.56. The van der Waals surface area contributed by atoms with E-state index in [0.29, 0.717) is 19.3 Å². The molecule has 0 aromatic heterocycles. The molecule has 3 unspecified atom stereocenters. The summed E-state index contributed by atoms with van der Waals surface area (Å²) in [6.45, 7) is 0.278. The van der Waals surface area contributed by atoms with E-state index in [2.05, 4.69) is 0 Å². The molecule has 1 saturated carbocycles. The van der Waals surface area contributed by atoms with Gasteiger partial charge in [-0.25, -0.2) is 0 Å². The number of benzene rings is 1. The SMILES string of the molecule is CS(=O)(=O)OC1CCCC(OCc2ccccc2)C1OS(C)(=O)=O. The third kappa shape index (κ3) is 6.48. The molecule has 9 heteroatoms. The lowest BCUT2D eigenvalue weighted by Crippen LogP contribution is -2.47. The van der Waals surface area contributed by atoms with Gasteiger partial charge in [0, 0.05) is 0 Å². The molecule has 24 heavy (non-hydrogen) atoms. The highest BCUT2D eigenvalue weighted by Crippen LogP contribution is 2.29. The van der Waals surface area contributed by atoms with Gasteiger partial charge in [0.05, 0.1) is 25.2 Å². The van der Waals surface area contributed by atoms with Crippen molar-refractivity contribution < 1.29 is 29.9 Å². The Balaban J connectivity index is 2.13. The highest BCUT2D eigenvalue weighted by Gasteiger charge is 2.40. The zero-order valence-corrected chi connectivity index (χ0v) is 15.3. The Morgan fingerprint density at radius 3 is 2.08 bits per heavy atom. The summed E-state index contributed by atoms with van der Waals surface area (Å²) in [7, 11) is -7.52. The molecule has 7 nitrogen and oxygen atoms in total. The first-order chi connectivity index (χ1) is 11.1. The molecule has 0 radical (unpaired) electrons. The van der Waals surface area contributed by atoms with Crippen LogP contribution in [0.5, 0.6) is 0 Å². The van der Waals surface area contributed by atoms with Crippen LogP contribution in [-0.4, -0.2) is 47.7 Å². The second kappa shape index (κ2) is 7.92. The fourth-order valence-electron chi connectivity index (χ4n) is 2.70. The molecule has 1 aromatic rings. The van der Waals surface area contributed by atoms with Gasteiger partial charge >= 0.3 is 0 Å². The van der Waals surface area contributed by atoms with Gasteiger partial charge in [0.15, 0.2) is 0 Å². The fraction of sp³-hybridized carbons (Fsp3) is 0.600. The van der Waals surface area contributed by atoms with Crippen LogP contribution in [0.4, 0.5) is 0 Å². The van der Waals surface area contributed by atoms with Crippen molar-refractivity contribution in [3.63, 3.8) is 0 Å². The molecule has 136 valence electrons. The Morgan fingerprint density at radius 1 is 0.917 bits per heavy atom. The third-order valence-electron chi connectivity index (χ3n) is 3.60. The molecular formula is C15H22O7S2. The van der Waals surface area contributed by atoms with Gasteiger partial charge in [-0.05, 0) is 24.8 Å². The van der Waals surface area contributed by atoms with Crippen LogP contribution in [-0.2, 0) is 39.9 Å². The van der Waals surface area contributed by atoms with Crippen molar-refractivity contribution in [2.75, 3.05) is 12.5 Å². The molecule has 0 heterocycles. The maximum Gasteiger partial charge on any atom is 0.264 e. The zero-order valence-electron chi connectivity index (χ0n) is 13.6. The molecule has 0 spiro atoms. The van der Waals surface area contributed by atoms with Gasteiger partial charge < -0.3 is 4.74 Å². The third-order valence-corrected chi connectivity index (χ3v) is 4.77. The van der Waals surface area contributed by atoms with E-state index in [1.807, 2.05) is 30.3 Å². The van der Waals surface area contributed by atoms with Crippen LogP contribution < -0.4 is 0 Å². The van der Waals surface area contributed by atoms with Gasteiger partial charge in [-0.1, -0.05) is 30.3 Å². The lowest BCUT2D eigenvalue weighted by molar-refractivity contribution is -0.0951. The monoisotopic (exact) mass is 378 g/mol. The summed E-state index contributed by atoms with van der Waals surface area (Å²) >= 11 is 0. The van der Waals surface area contributed by atoms with Crippen molar-refractivity contribution in [1.82, 2.24) is 0 Å². The second-order valence-corrected chi connectivity index (χ2v) is 9.07. The molecule has 1 fully saturated rings. The zero-order chi connectivity index (χ0) is 17.8. The molecular weight excluding hydrogens is 356 g/mol. The second-order valence-electron chi connectivity index (χ2n) is 5.87. The molecule has 1 aromatic carbocycles. The van der Waals surface area contributed by atoms with E-state index in [9.17, 15) is 16.8 Å². The Morgan fingerprint density at radius 2 is 1.50 bits per heavy atom. The highest BCUT2D eigenvalue weighted by atomic mass is 32.2. The number of hydrogen-bond acceptors (Lipinski definition) is 7. The van der Waals surface area contributed by atoms with Crippen LogP contribution in [0, 0.1) is 0 Å². The van der Waals surface area contributed by atoms with Crippen LogP contribution in [0.15, 0.2) is 30.3 Å². The smallest absolute Gasteiger partial charge is 0.264 e. The van der Waals surface area contributed by atoms with Crippen molar-refractivity contribution in [3.8, 4) is 0 Å². The van der Waals surface area contributed by atoms with Crippen LogP contribution >= 0.6 is 0 Å². The van der Waals surface area contributed by atoms with Gasteiger partial charge in [0.1, 0.15) is 12.2 Å². The van der Waals surface area contributed by atoms with Gasteiger partial charge in [0.25, 0.3) is 20.2 Å². The van der Waals surface area contributed by atoms with Crippen molar-refractivity contribution in [1.29, 1.82) is 0 Å². The van der Waals surface area contributed by atoms with Crippen molar-refractivity contribution in [2.24, 2.45) is 0 Å². The molecule has 3 atom stereocenters. The molecule has 0 amide bonds. The first kappa shape index (κ1) is 19.3. The lowest BCUT2D eigenvalue weighted by atomic mass is 9.92. The summed E-state index contributed by atoms with van der Waals surface area (Å²) in [6.07, 6.45) is 1.02. The number of hydrogen-bond donors (Lipinski definition) is 0. The maximum absolute atomic E-state index is 11.5. The van der Waals surface area contributed by atoms with Crippen molar-refractivity contribution in [2.45, 2.75) is 44.2 Å². The average molecular weight is 378 g/mol. The van der Waals surface area contributed by atoms with Crippen LogP contribution in [0.3, 0.4) is 0 Å². The Bertz CT molecular complexity index is 728. The summed E-state index contributed by atoms with van der Waals surface area (Å²) in [4.78, 5) is 0. The van der Waals surface area contributed by atoms with Gasteiger partial charge in [-0.15, -0.1) is 0 Å². The Hall–Kier alpha value is -1.00. The van der Waals surface area contributed by atoms with E-state index < -0.39 is 38.5 Å².